The first-order valence-corrected chi connectivity index (χ1v) is 6.10. The molecule has 2 N–H and O–H groups in total. The molecule has 0 aliphatic carbocycles. The molecule has 1 saturated heterocycles. The van der Waals surface area contributed by atoms with Gasteiger partial charge in [-0.1, -0.05) is 6.42 Å². The molecule has 0 bridgehead atoms. The predicted octanol–water partition coefficient (Wildman–Crippen LogP) is 2.33. The SMILES string of the molecule is CCNc1cc(NN2CCCCC2)ccn1. The van der Waals surface area contributed by atoms with E-state index in [-0.39, 0.29) is 0 Å². The van der Waals surface area contributed by atoms with Crippen molar-refractivity contribution in [2.75, 3.05) is 30.4 Å². The number of pyridine rings is 1. The van der Waals surface area contributed by atoms with Gasteiger partial charge in [-0.25, -0.2) is 9.99 Å². The summed E-state index contributed by atoms with van der Waals surface area (Å²) in [6, 6.07) is 4.06. The molecule has 2 heterocycles. The Balaban J connectivity index is 1.94. The van der Waals surface area contributed by atoms with Gasteiger partial charge in [0.2, 0.25) is 0 Å². The molecule has 1 fully saturated rings. The van der Waals surface area contributed by atoms with Crippen LogP contribution in [0.2, 0.25) is 0 Å². The van der Waals surface area contributed by atoms with Gasteiger partial charge >= 0.3 is 0 Å². The topological polar surface area (TPSA) is 40.2 Å². The zero-order valence-electron chi connectivity index (χ0n) is 9.87. The van der Waals surface area contributed by atoms with Crippen molar-refractivity contribution in [2.45, 2.75) is 26.2 Å². The molecule has 0 atom stereocenters. The zero-order chi connectivity index (χ0) is 11.2. The van der Waals surface area contributed by atoms with Gasteiger partial charge in [0.25, 0.3) is 0 Å². The second kappa shape index (κ2) is 5.70. The molecule has 4 heteroatoms. The van der Waals surface area contributed by atoms with Crippen molar-refractivity contribution in [1.29, 1.82) is 0 Å². The lowest BCUT2D eigenvalue weighted by molar-refractivity contribution is 0.273. The van der Waals surface area contributed by atoms with Crippen LogP contribution in [0.4, 0.5) is 11.5 Å². The normalized spacial score (nSPS) is 17.1. The summed E-state index contributed by atoms with van der Waals surface area (Å²) in [5.74, 6) is 0.935. The molecule has 0 unspecified atom stereocenters. The Morgan fingerprint density at radius 1 is 1.31 bits per heavy atom. The maximum atomic E-state index is 4.25. The van der Waals surface area contributed by atoms with E-state index in [0.717, 1.165) is 31.1 Å². The Kier molecular flexibility index (Phi) is 3.99. The van der Waals surface area contributed by atoms with Crippen LogP contribution in [0.25, 0.3) is 0 Å². The number of nitrogens with zero attached hydrogens (tertiary/aromatic N) is 2. The summed E-state index contributed by atoms with van der Waals surface area (Å²) >= 11 is 0. The average Bonchev–Trinajstić information content (AvgIpc) is 2.31. The Bertz CT molecular complexity index is 321. The van der Waals surface area contributed by atoms with Crippen LogP contribution in [0.5, 0.6) is 0 Å². The van der Waals surface area contributed by atoms with Crippen molar-refractivity contribution in [3.63, 3.8) is 0 Å². The second-order valence-corrected chi connectivity index (χ2v) is 4.12. The standard InChI is InChI=1S/C12H20N4/c1-2-13-12-10-11(6-7-14-12)15-16-8-4-3-5-9-16/h6-7,10H,2-5,8-9H2,1H3,(H2,13,14,15). The third-order valence-electron chi connectivity index (χ3n) is 2.76. The van der Waals surface area contributed by atoms with Gasteiger partial charge < -0.3 is 10.7 Å². The highest BCUT2D eigenvalue weighted by molar-refractivity contribution is 5.51. The number of hydrazine groups is 1. The van der Waals surface area contributed by atoms with Crippen LogP contribution in [0.15, 0.2) is 18.3 Å². The molecule has 1 aromatic heterocycles. The molecule has 16 heavy (non-hydrogen) atoms. The first-order valence-electron chi connectivity index (χ1n) is 6.10. The quantitative estimate of drug-likeness (QED) is 0.817. The molecule has 1 aliphatic rings. The van der Waals surface area contributed by atoms with Gasteiger partial charge in [0.15, 0.2) is 0 Å². The first kappa shape index (κ1) is 11.2. The predicted molar refractivity (Wildman–Crippen MR) is 67.4 cm³/mol. The molecule has 2 rings (SSSR count). The smallest absolute Gasteiger partial charge is 0.127 e. The molecule has 0 aromatic carbocycles. The van der Waals surface area contributed by atoms with Crippen molar-refractivity contribution >= 4 is 11.5 Å². The van der Waals surface area contributed by atoms with Crippen LogP contribution >= 0.6 is 0 Å². The molecular formula is C12H20N4. The Morgan fingerprint density at radius 2 is 2.12 bits per heavy atom. The maximum Gasteiger partial charge on any atom is 0.127 e. The van der Waals surface area contributed by atoms with Gasteiger partial charge in [-0.3, -0.25) is 0 Å². The number of piperidine rings is 1. The number of hydrogen-bond acceptors (Lipinski definition) is 4. The lowest BCUT2D eigenvalue weighted by Crippen LogP contribution is -2.34. The van der Waals surface area contributed by atoms with E-state index < -0.39 is 0 Å². The van der Waals surface area contributed by atoms with Gasteiger partial charge in [-0.15, -0.1) is 0 Å². The number of anilines is 2. The maximum absolute atomic E-state index is 4.25. The third kappa shape index (κ3) is 3.10. The fourth-order valence-corrected chi connectivity index (χ4v) is 1.97. The first-order chi connectivity index (χ1) is 7.88. The van der Waals surface area contributed by atoms with Crippen LogP contribution in [0, 0.1) is 0 Å². The Labute approximate surface area is 97.0 Å². The van der Waals surface area contributed by atoms with E-state index in [2.05, 4.69) is 33.7 Å². The molecule has 1 aromatic rings. The summed E-state index contributed by atoms with van der Waals surface area (Å²) in [6.07, 6.45) is 5.78. The highest BCUT2D eigenvalue weighted by Crippen LogP contribution is 2.15. The summed E-state index contributed by atoms with van der Waals surface area (Å²) in [6.45, 7) is 5.25. The molecule has 88 valence electrons. The van der Waals surface area contributed by atoms with Crippen molar-refractivity contribution in [3.05, 3.63) is 18.3 Å². The van der Waals surface area contributed by atoms with Gasteiger partial charge in [-0.05, 0) is 25.8 Å². The van der Waals surface area contributed by atoms with E-state index in [4.69, 9.17) is 0 Å². The molecule has 1 aliphatic heterocycles. The fourth-order valence-electron chi connectivity index (χ4n) is 1.97. The summed E-state index contributed by atoms with van der Waals surface area (Å²) in [4.78, 5) is 4.25. The molecule has 0 amide bonds. The Hall–Kier alpha value is -1.29. The summed E-state index contributed by atoms with van der Waals surface area (Å²) in [5, 5.41) is 5.50. The summed E-state index contributed by atoms with van der Waals surface area (Å²) in [7, 11) is 0. The number of aromatic nitrogens is 1. The fraction of sp³-hybridized carbons (Fsp3) is 0.583. The van der Waals surface area contributed by atoms with Crippen molar-refractivity contribution in [1.82, 2.24) is 9.99 Å². The Morgan fingerprint density at radius 3 is 2.88 bits per heavy atom. The molecule has 4 nitrogen and oxygen atoms in total. The van der Waals surface area contributed by atoms with E-state index in [1.165, 1.54) is 19.3 Å². The zero-order valence-corrected chi connectivity index (χ0v) is 9.87. The van der Waals surface area contributed by atoms with Crippen LogP contribution in [0.3, 0.4) is 0 Å². The number of hydrogen-bond donors (Lipinski definition) is 2. The second-order valence-electron chi connectivity index (χ2n) is 4.12. The summed E-state index contributed by atoms with van der Waals surface area (Å²) < 4.78 is 0. The number of rotatable bonds is 4. The minimum absolute atomic E-state index is 0.903. The van der Waals surface area contributed by atoms with Gasteiger partial charge in [0.05, 0.1) is 5.69 Å². The lowest BCUT2D eigenvalue weighted by Gasteiger charge is -2.27. The molecular weight excluding hydrogens is 200 g/mol. The highest BCUT2D eigenvalue weighted by atomic mass is 15.5. The monoisotopic (exact) mass is 220 g/mol. The van der Waals surface area contributed by atoms with Gasteiger partial charge in [0.1, 0.15) is 5.82 Å². The van der Waals surface area contributed by atoms with E-state index in [9.17, 15) is 0 Å². The average molecular weight is 220 g/mol. The van der Waals surface area contributed by atoms with Crippen LogP contribution in [-0.2, 0) is 0 Å². The van der Waals surface area contributed by atoms with E-state index in [0.29, 0.717) is 0 Å². The summed E-state index contributed by atoms with van der Waals surface area (Å²) in [5.41, 5.74) is 4.55. The molecule has 0 radical (unpaired) electrons. The highest BCUT2D eigenvalue weighted by Gasteiger charge is 2.09. The minimum Gasteiger partial charge on any atom is -0.370 e. The molecule has 0 spiro atoms. The van der Waals surface area contributed by atoms with Gasteiger partial charge in [-0.2, -0.15) is 0 Å². The van der Waals surface area contributed by atoms with Crippen molar-refractivity contribution in [2.24, 2.45) is 0 Å². The van der Waals surface area contributed by atoms with Crippen LogP contribution < -0.4 is 10.7 Å². The van der Waals surface area contributed by atoms with E-state index >= 15 is 0 Å². The van der Waals surface area contributed by atoms with E-state index in [1.807, 2.05) is 12.3 Å². The minimum atomic E-state index is 0.903. The van der Waals surface area contributed by atoms with Gasteiger partial charge in [0, 0.05) is 31.9 Å². The van der Waals surface area contributed by atoms with Crippen molar-refractivity contribution < 1.29 is 0 Å². The third-order valence-corrected chi connectivity index (χ3v) is 2.76. The van der Waals surface area contributed by atoms with E-state index in [1.54, 1.807) is 0 Å². The molecule has 0 saturated carbocycles. The number of nitrogens with one attached hydrogen (secondary N) is 2. The largest absolute Gasteiger partial charge is 0.370 e. The lowest BCUT2D eigenvalue weighted by atomic mass is 10.2. The van der Waals surface area contributed by atoms with Crippen LogP contribution in [0.1, 0.15) is 26.2 Å². The van der Waals surface area contributed by atoms with Crippen LogP contribution in [-0.4, -0.2) is 29.6 Å². The van der Waals surface area contributed by atoms with Crippen molar-refractivity contribution in [3.8, 4) is 0 Å².